The van der Waals surface area contributed by atoms with Crippen LogP contribution in [0.15, 0.2) is 35.3 Å². The summed E-state index contributed by atoms with van der Waals surface area (Å²) in [7, 11) is 0. The van der Waals surface area contributed by atoms with E-state index in [2.05, 4.69) is 4.99 Å². The molecule has 18 heavy (non-hydrogen) atoms. The summed E-state index contributed by atoms with van der Waals surface area (Å²) in [5.41, 5.74) is 0.0941. The average Bonchev–Trinajstić information content (AvgIpc) is 2.56. The molecule has 2 nitrogen and oxygen atoms in total. The van der Waals surface area contributed by atoms with Crippen molar-refractivity contribution in [2.75, 3.05) is 0 Å². The molecule has 0 aliphatic carbocycles. The highest BCUT2D eigenvalue weighted by atomic mass is 19.2. The number of nitrogens with zero attached hydrogens (tertiary/aromatic N) is 1. The van der Waals surface area contributed by atoms with Crippen LogP contribution in [0.5, 0.6) is 11.5 Å². The van der Waals surface area contributed by atoms with E-state index in [4.69, 9.17) is 4.74 Å². The Balaban J connectivity index is 2.27. The summed E-state index contributed by atoms with van der Waals surface area (Å²) in [6, 6.07) is 7.14. The minimum atomic E-state index is -1.29. The summed E-state index contributed by atoms with van der Waals surface area (Å²) < 4.78 is 45.5. The van der Waals surface area contributed by atoms with Crippen molar-refractivity contribution < 1.29 is 17.9 Å². The highest BCUT2D eigenvalue weighted by Gasteiger charge is 2.22. The predicted molar refractivity (Wildman–Crippen MR) is 60.1 cm³/mol. The summed E-state index contributed by atoms with van der Waals surface area (Å²) in [5, 5.41) is 0. The zero-order valence-electron chi connectivity index (χ0n) is 8.95. The highest BCUT2D eigenvalue weighted by molar-refractivity contribution is 5.87. The lowest BCUT2D eigenvalue weighted by Crippen LogP contribution is -1.94. The third kappa shape index (κ3) is 1.55. The van der Waals surface area contributed by atoms with Crippen molar-refractivity contribution >= 4 is 11.9 Å². The third-order valence-electron chi connectivity index (χ3n) is 2.57. The molecule has 0 spiro atoms. The van der Waals surface area contributed by atoms with Gasteiger partial charge in [0.05, 0.1) is 0 Å². The Bertz CT molecular complexity index is 668. The number of para-hydroxylation sites is 1. The second-order valence-corrected chi connectivity index (χ2v) is 3.73. The van der Waals surface area contributed by atoms with E-state index in [9.17, 15) is 13.2 Å². The van der Waals surface area contributed by atoms with Gasteiger partial charge >= 0.3 is 0 Å². The van der Waals surface area contributed by atoms with Gasteiger partial charge in [-0.3, -0.25) is 0 Å². The fourth-order valence-electron chi connectivity index (χ4n) is 1.70. The summed E-state index contributed by atoms with van der Waals surface area (Å²) >= 11 is 0. The van der Waals surface area contributed by atoms with E-state index in [1.165, 1.54) is 6.21 Å². The molecule has 1 aliphatic heterocycles. The molecule has 90 valence electrons. The van der Waals surface area contributed by atoms with E-state index in [1.807, 2.05) is 0 Å². The van der Waals surface area contributed by atoms with E-state index in [-0.39, 0.29) is 0 Å². The quantitative estimate of drug-likeness (QED) is 0.552. The number of benzene rings is 2. The molecule has 0 fully saturated rings. The first-order valence-corrected chi connectivity index (χ1v) is 5.15. The van der Waals surface area contributed by atoms with Crippen molar-refractivity contribution in [3.05, 3.63) is 53.3 Å². The molecule has 0 aromatic heterocycles. The molecule has 3 rings (SSSR count). The van der Waals surface area contributed by atoms with Crippen LogP contribution in [0.2, 0.25) is 0 Å². The summed E-state index contributed by atoms with van der Waals surface area (Å²) in [6.45, 7) is 0. The largest absolute Gasteiger partial charge is 0.451 e. The molecule has 0 unspecified atom stereocenters. The average molecular weight is 249 g/mol. The summed E-state index contributed by atoms with van der Waals surface area (Å²) in [4.78, 5) is 3.74. The van der Waals surface area contributed by atoms with Gasteiger partial charge in [-0.25, -0.2) is 18.2 Å². The Kier molecular flexibility index (Phi) is 2.33. The van der Waals surface area contributed by atoms with Crippen molar-refractivity contribution in [2.45, 2.75) is 0 Å². The molecule has 0 atom stereocenters. The molecule has 0 bridgehead atoms. The van der Waals surface area contributed by atoms with Crippen LogP contribution in [-0.2, 0) is 0 Å². The van der Waals surface area contributed by atoms with Gasteiger partial charge in [0.1, 0.15) is 11.4 Å². The third-order valence-corrected chi connectivity index (χ3v) is 2.57. The van der Waals surface area contributed by atoms with E-state index in [0.717, 1.165) is 0 Å². The molecule has 0 radical (unpaired) electrons. The van der Waals surface area contributed by atoms with Crippen molar-refractivity contribution in [1.29, 1.82) is 0 Å². The van der Waals surface area contributed by atoms with Crippen LogP contribution in [0.1, 0.15) is 5.56 Å². The molecule has 2 aromatic carbocycles. The maximum atomic E-state index is 13.6. The van der Waals surface area contributed by atoms with Gasteiger partial charge in [0, 0.05) is 17.8 Å². The van der Waals surface area contributed by atoms with Crippen molar-refractivity contribution in [3.63, 3.8) is 0 Å². The number of aliphatic imine (C=N–C) groups is 1. The monoisotopic (exact) mass is 249 g/mol. The van der Waals surface area contributed by atoms with Crippen molar-refractivity contribution in [1.82, 2.24) is 0 Å². The molecule has 0 saturated heterocycles. The van der Waals surface area contributed by atoms with Crippen LogP contribution >= 0.6 is 0 Å². The molecular formula is C13H6F3NO. The lowest BCUT2D eigenvalue weighted by atomic mass is 10.2. The van der Waals surface area contributed by atoms with Gasteiger partial charge in [-0.1, -0.05) is 12.1 Å². The first kappa shape index (κ1) is 10.8. The Morgan fingerprint density at radius 1 is 1.00 bits per heavy atom. The number of hydrogen-bond donors (Lipinski definition) is 0. The first-order valence-electron chi connectivity index (χ1n) is 5.15. The summed E-state index contributed by atoms with van der Waals surface area (Å²) in [5.74, 6) is -3.58. The molecule has 0 N–H and O–H groups in total. The Morgan fingerprint density at radius 3 is 2.61 bits per heavy atom. The van der Waals surface area contributed by atoms with E-state index in [0.29, 0.717) is 17.4 Å². The normalized spacial score (nSPS) is 12.4. The maximum absolute atomic E-state index is 13.6. The number of fused-ring (bicyclic) bond motifs is 2. The van der Waals surface area contributed by atoms with Crippen LogP contribution in [-0.4, -0.2) is 6.21 Å². The van der Waals surface area contributed by atoms with Gasteiger partial charge in [0.25, 0.3) is 0 Å². The predicted octanol–water partition coefficient (Wildman–Crippen LogP) is 3.96. The smallest absolute Gasteiger partial charge is 0.191 e. The number of ether oxygens (including phenoxy) is 1. The van der Waals surface area contributed by atoms with E-state index >= 15 is 0 Å². The molecule has 5 heteroatoms. The van der Waals surface area contributed by atoms with E-state index < -0.39 is 28.9 Å². The maximum Gasteiger partial charge on any atom is 0.191 e. The second kappa shape index (κ2) is 3.87. The van der Waals surface area contributed by atoms with Crippen molar-refractivity contribution in [2.24, 2.45) is 4.99 Å². The molecule has 1 heterocycles. The second-order valence-electron chi connectivity index (χ2n) is 3.73. The van der Waals surface area contributed by atoms with Gasteiger partial charge in [-0.15, -0.1) is 0 Å². The van der Waals surface area contributed by atoms with Gasteiger partial charge in [-0.05, 0) is 12.1 Å². The molecule has 0 saturated carbocycles. The zero-order chi connectivity index (χ0) is 12.7. The Morgan fingerprint density at radius 2 is 1.78 bits per heavy atom. The summed E-state index contributed by atoms with van der Waals surface area (Å²) in [6.07, 6.45) is 1.31. The molecular weight excluding hydrogens is 243 g/mol. The van der Waals surface area contributed by atoms with Gasteiger partial charge in [0.15, 0.2) is 23.2 Å². The number of hydrogen-bond acceptors (Lipinski definition) is 2. The van der Waals surface area contributed by atoms with Crippen LogP contribution < -0.4 is 4.74 Å². The van der Waals surface area contributed by atoms with Crippen molar-refractivity contribution in [3.8, 4) is 11.5 Å². The van der Waals surface area contributed by atoms with Crippen LogP contribution in [0.3, 0.4) is 0 Å². The molecule has 0 amide bonds. The Labute approximate surface area is 100 Å². The van der Waals surface area contributed by atoms with Gasteiger partial charge in [-0.2, -0.15) is 0 Å². The number of rotatable bonds is 0. The van der Waals surface area contributed by atoms with Crippen LogP contribution in [0, 0.1) is 17.5 Å². The fourth-order valence-corrected chi connectivity index (χ4v) is 1.70. The Hall–Kier alpha value is -2.30. The minimum Gasteiger partial charge on any atom is -0.451 e. The number of halogens is 3. The standard InChI is InChI=1S/C13H6F3NO/c14-8-5-9(15)13-12(11(8)16)17-6-7-3-1-2-4-10(7)18-13/h1-6H. The lowest BCUT2D eigenvalue weighted by Gasteiger charge is -2.09. The van der Waals surface area contributed by atoms with Gasteiger partial charge < -0.3 is 4.74 Å². The zero-order valence-corrected chi connectivity index (χ0v) is 8.95. The molecule has 2 aromatic rings. The van der Waals surface area contributed by atoms with Gasteiger partial charge in [0.2, 0.25) is 0 Å². The topological polar surface area (TPSA) is 21.6 Å². The molecule has 1 aliphatic rings. The highest BCUT2D eigenvalue weighted by Crippen LogP contribution is 2.40. The fraction of sp³-hybridized carbons (Fsp3) is 0. The lowest BCUT2D eigenvalue weighted by molar-refractivity contribution is 0.426. The SMILES string of the molecule is Fc1cc(F)c2c(c1F)N=Cc1ccccc1O2. The van der Waals surface area contributed by atoms with Crippen LogP contribution in [0.25, 0.3) is 0 Å². The minimum absolute atomic E-state index is 0.338. The first-order chi connectivity index (χ1) is 8.66. The van der Waals surface area contributed by atoms with E-state index in [1.54, 1.807) is 24.3 Å². The van der Waals surface area contributed by atoms with Crippen LogP contribution in [0.4, 0.5) is 18.9 Å².